The first-order valence-electron chi connectivity index (χ1n) is 6.49. The van der Waals surface area contributed by atoms with Crippen molar-refractivity contribution in [2.75, 3.05) is 16.8 Å². The summed E-state index contributed by atoms with van der Waals surface area (Å²) in [6.07, 6.45) is 4.94. The molecular formula is C13H19N3O2S. The first-order valence-corrected chi connectivity index (χ1v) is 7.54. The van der Waals surface area contributed by atoms with E-state index in [4.69, 9.17) is 10.8 Å². The quantitative estimate of drug-likeness (QED) is 0.768. The molecule has 0 aromatic carbocycles. The minimum Gasteiger partial charge on any atom is -0.478 e. The second kappa shape index (κ2) is 6.14. The number of anilines is 2. The molecule has 0 bridgehead atoms. The van der Waals surface area contributed by atoms with Gasteiger partial charge in [0.05, 0.1) is 11.3 Å². The van der Waals surface area contributed by atoms with Crippen LogP contribution in [0.2, 0.25) is 0 Å². The lowest BCUT2D eigenvalue weighted by Gasteiger charge is -2.21. The highest BCUT2D eigenvalue weighted by Gasteiger charge is 2.28. The van der Waals surface area contributed by atoms with Gasteiger partial charge in [0.25, 0.3) is 0 Å². The van der Waals surface area contributed by atoms with Gasteiger partial charge in [0.15, 0.2) is 0 Å². The molecule has 0 aliphatic heterocycles. The molecule has 1 fully saturated rings. The van der Waals surface area contributed by atoms with Crippen LogP contribution in [0.25, 0.3) is 0 Å². The van der Waals surface area contributed by atoms with Gasteiger partial charge >= 0.3 is 5.97 Å². The molecule has 2 rings (SSSR count). The molecule has 1 heterocycles. The maximum Gasteiger partial charge on any atom is 0.337 e. The third-order valence-corrected chi connectivity index (χ3v) is 4.70. The Morgan fingerprint density at radius 3 is 3.11 bits per heavy atom. The van der Waals surface area contributed by atoms with E-state index in [-0.39, 0.29) is 11.3 Å². The molecule has 104 valence electrons. The van der Waals surface area contributed by atoms with Crippen LogP contribution in [0.4, 0.5) is 11.5 Å². The first kappa shape index (κ1) is 14.0. The van der Waals surface area contributed by atoms with Gasteiger partial charge < -0.3 is 16.2 Å². The predicted molar refractivity (Wildman–Crippen MR) is 78.8 cm³/mol. The van der Waals surface area contributed by atoms with Crippen molar-refractivity contribution in [1.82, 2.24) is 4.98 Å². The van der Waals surface area contributed by atoms with Crippen molar-refractivity contribution in [2.24, 2.45) is 0 Å². The summed E-state index contributed by atoms with van der Waals surface area (Å²) >= 11 is 1.94. The summed E-state index contributed by atoms with van der Waals surface area (Å²) in [4.78, 5) is 15.2. The number of nitrogens with zero attached hydrogens (tertiary/aromatic N) is 1. The zero-order valence-corrected chi connectivity index (χ0v) is 11.7. The molecule has 19 heavy (non-hydrogen) atoms. The van der Waals surface area contributed by atoms with Gasteiger partial charge in [-0.25, -0.2) is 9.78 Å². The number of aromatic carboxylic acids is 1. The summed E-state index contributed by atoms with van der Waals surface area (Å²) in [5.41, 5.74) is 6.20. The number of carbonyl (C=O) groups is 1. The molecule has 2 atom stereocenters. The van der Waals surface area contributed by atoms with E-state index in [9.17, 15) is 4.79 Å². The highest BCUT2D eigenvalue weighted by Crippen LogP contribution is 2.33. The molecule has 0 spiro atoms. The minimum atomic E-state index is -1.02. The van der Waals surface area contributed by atoms with Crippen LogP contribution in [-0.4, -0.2) is 33.1 Å². The molecule has 1 aromatic rings. The number of carboxylic acids is 1. The van der Waals surface area contributed by atoms with Crippen molar-refractivity contribution in [1.29, 1.82) is 0 Å². The molecule has 5 nitrogen and oxygen atoms in total. The first-order chi connectivity index (χ1) is 9.13. The Bertz CT molecular complexity index is 467. The van der Waals surface area contributed by atoms with Crippen molar-refractivity contribution >= 4 is 29.2 Å². The molecule has 0 radical (unpaired) electrons. The summed E-state index contributed by atoms with van der Waals surface area (Å²) in [5, 5.41) is 12.9. The minimum absolute atomic E-state index is 0.107. The van der Waals surface area contributed by atoms with Crippen LogP contribution in [-0.2, 0) is 0 Å². The van der Waals surface area contributed by atoms with Gasteiger partial charge in [-0.1, -0.05) is 13.3 Å². The summed E-state index contributed by atoms with van der Waals surface area (Å²) in [7, 11) is 0. The second-order valence-electron chi connectivity index (χ2n) is 4.60. The molecule has 0 amide bonds. The Kier molecular flexibility index (Phi) is 4.52. The number of aromatic nitrogens is 1. The zero-order chi connectivity index (χ0) is 13.8. The number of thioether (sulfide) groups is 1. The van der Waals surface area contributed by atoms with Crippen LogP contribution in [0, 0.1) is 0 Å². The number of hydrogen-bond donors (Lipinski definition) is 3. The molecule has 1 aromatic heterocycles. The number of carboxylic acid groups (broad SMARTS) is 1. The fraction of sp³-hybridized carbons (Fsp3) is 0.538. The van der Waals surface area contributed by atoms with Gasteiger partial charge in [0, 0.05) is 17.5 Å². The van der Waals surface area contributed by atoms with Crippen LogP contribution in [0.15, 0.2) is 12.3 Å². The maximum atomic E-state index is 11.0. The summed E-state index contributed by atoms with van der Waals surface area (Å²) < 4.78 is 0. The lowest BCUT2D eigenvalue weighted by molar-refractivity contribution is 0.0698. The SMILES string of the molecule is CCSC1CCCC1Nc1nccc(C(=O)O)c1N. The van der Waals surface area contributed by atoms with E-state index >= 15 is 0 Å². The molecule has 1 saturated carbocycles. The highest BCUT2D eigenvalue weighted by molar-refractivity contribution is 7.99. The average molecular weight is 281 g/mol. The number of nitrogen functional groups attached to an aromatic ring is 1. The molecule has 1 aliphatic carbocycles. The molecule has 0 saturated heterocycles. The monoisotopic (exact) mass is 281 g/mol. The summed E-state index contributed by atoms with van der Waals surface area (Å²) in [6.45, 7) is 2.15. The molecule has 1 aliphatic rings. The van der Waals surface area contributed by atoms with Gasteiger partial charge in [-0.3, -0.25) is 0 Å². The zero-order valence-electron chi connectivity index (χ0n) is 10.9. The van der Waals surface area contributed by atoms with Crippen molar-refractivity contribution < 1.29 is 9.90 Å². The Hall–Kier alpha value is -1.43. The van der Waals surface area contributed by atoms with E-state index < -0.39 is 5.97 Å². The van der Waals surface area contributed by atoms with Crippen molar-refractivity contribution in [3.63, 3.8) is 0 Å². The predicted octanol–water partition coefficient (Wildman–Crippen LogP) is 2.45. The smallest absolute Gasteiger partial charge is 0.337 e. The fourth-order valence-electron chi connectivity index (χ4n) is 2.46. The number of pyridine rings is 1. The normalized spacial score (nSPS) is 22.4. The fourth-order valence-corrected chi connectivity index (χ4v) is 3.65. The number of nitrogens with one attached hydrogen (secondary N) is 1. The third kappa shape index (κ3) is 3.12. The van der Waals surface area contributed by atoms with E-state index in [1.54, 1.807) is 0 Å². The number of nitrogens with two attached hydrogens (primary N) is 1. The van der Waals surface area contributed by atoms with Gasteiger partial charge in [-0.05, 0) is 24.7 Å². The van der Waals surface area contributed by atoms with Crippen molar-refractivity contribution in [2.45, 2.75) is 37.5 Å². The standard InChI is InChI=1S/C13H19N3O2S/c1-2-19-10-5-3-4-9(10)16-12-11(14)8(13(17)18)6-7-15-12/h6-7,9-10H,2-5,14H2,1H3,(H,15,16)(H,17,18). The van der Waals surface area contributed by atoms with E-state index in [2.05, 4.69) is 17.2 Å². The number of rotatable bonds is 5. The van der Waals surface area contributed by atoms with Crippen LogP contribution in [0.5, 0.6) is 0 Å². The largest absolute Gasteiger partial charge is 0.478 e. The van der Waals surface area contributed by atoms with E-state index in [0.29, 0.717) is 17.1 Å². The van der Waals surface area contributed by atoms with Crippen molar-refractivity contribution in [3.8, 4) is 0 Å². The van der Waals surface area contributed by atoms with Crippen LogP contribution in [0.1, 0.15) is 36.5 Å². The number of hydrogen-bond acceptors (Lipinski definition) is 5. The van der Waals surface area contributed by atoms with E-state index in [1.807, 2.05) is 11.8 Å². The lowest BCUT2D eigenvalue weighted by Crippen LogP contribution is -2.27. The van der Waals surface area contributed by atoms with Crippen molar-refractivity contribution in [3.05, 3.63) is 17.8 Å². The van der Waals surface area contributed by atoms with E-state index in [0.717, 1.165) is 12.2 Å². The van der Waals surface area contributed by atoms with Crippen LogP contribution >= 0.6 is 11.8 Å². The van der Waals surface area contributed by atoms with Crippen LogP contribution < -0.4 is 11.1 Å². The topological polar surface area (TPSA) is 88.2 Å². The average Bonchev–Trinajstić information content (AvgIpc) is 2.79. The summed E-state index contributed by atoms with van der Waals surface area (Å²) in [5.74, 6) is 0.559. The van der Waals surface area contributed by atoms with Gasteiger partial charge in [0.1, 0.15) is 5.82 Å². The maximum absolute atomic E-state index is 11.0. The molecule has 2 unspecified atom stereocenters. The van der Waals surface area contributed by atoms with Gasteiger partial charge in [0.2, 0.25) is 0 Å². The van der Waals surface area contributed by atoms with Gasteiger partial charge in [-0.2, -0.15) is 11.8 Å². The molecular weight excluding hydrogens is 262 g/mol. The van der Waals surface area contributed by atoms with Crippen LogP contribution in [0.3, 0.4) is 0 Å². The third-order valence-electron chi connectivity index (χ3n) is 3.38. The highest BCUT2D eigenvalue weighted by atomic mass is 32.2. The lowest BCUT2D eigenvalue weighted by atomic mass is 10.2. The Balaban J connectivity index is 2.15. The summed E-state index contributed by atoms with van der Waals surface area (Å²) in [6, 6.07) is 1.75. The van der Waals surface area contributed by atoms with E-state index in [1.165, 1.54) is 25.1 Å². The Morgan fingerprint density at radius 1 is 1.63 bits per heavy atom. The Labute approximate surface area is 117 Å². The molecule has 6 heteroatoms. The Morgan fingerprint density at radius 2 is 2.42 bits per heavy atom. The molecule has 4 N–H and O–H groups in total. The second-order valence-corrected chi connectivity index (χ2v) is 6.12. The van der Waals surface area contributed by atoms with Gasteiger partial charge in [-0.15, -0.1) is 0 Å².